The molecule has 7 rings (SSSR count). The van der Waals surface area contributed by atoms with Crippen molar-refractivity contribution in [2.24, 2.45) is 17.8 Å². The second-order valence-electron chi connectivity index (χ2n) is 19.8. The van der Waals surface area contributed by atoms with Gasteiger partial charge in [0.1, 0.15) is 23.9 Å². The van der Waals surface area contributed by atoms with Crippen LogP contribution in [0, 0.1) is 29.6 Å². The molecule has 384 valence electrons. The smallest absolute Gasteiger partial charge is 0.437 e. The van der Waals surface area contributed by atoms with Gasteiger partial charge in [0.15, 0.2) is 17.0 Å². The Morgan fingerprint density at radius 1 is 1.06 bits per heavy atom. The van der Waals surface area contributed by atoms with Gasteiger partial charge < -0.3 is 29.7 Å². The number of carbonyl (C=O) groups is 4. The van der Waals surface area contributed by atoms with E-state index in [9.17, 15) is 53.9 Å². The van der Waals surface area contributed by atoms with Crippen LogP contribution in [-0.2, 0) is 41.7 Å². The molecule has 1 aromatic heterocycles. The lowest BCUT2D eigenvalue weighted by Crippen LogP contribution is -2.68. The average Bonchev–Trinajstić information content (AvgIpc) is 3.95. The Bertz CT molecular complexity index is 2530. The van der Waals surface area contributed by atoms with E-state index in [0.29, 0.717) is 43.2 Å². The number of pyridine rings is 1. The number of allylic oxidation sites excluding steroid dienone is 1. The van der Waals surface area contributed by atoms with Crippen LogP contribution in [-0.4, -0.2) is 121 Å². The number of aryl methyl sites for hydroxylation is 1. The van der Waals surface area contributed by atoms with E-state index in [0.717, 1.165) is 24.2 Å². The summed E-state index contributed by atoms with van der Waals surface area (Å²) in [5, 5.41) is 5.30. The van der Waals surface area contributed by atoms with Gasteiger partial charge in [-0.2, -0.15) is 26.3 Å². The van der Waals surface area contributed by atoms with Crippen molar-refractivity contribution < 1.29 is 68.1 Å². The molecule has 1 spiro atoms. The molecule has 2 aliphatic carbocycles. The molecule has 15 nitrogen and oxygen atoms in total. The third-order valence-corrected chi connectivity index (χ3v) is 15.8. The first-order valence-corrected chi connectivity index (χ1v) is 25.3. The lowest BCUT2D eigenvalue weighted by molar-refractivity contribution is -0.149. The average molecular weight is 1010 g/mol. The summed E-state index contributed by atoms with van der Waals surface area (Å²) in [4.78, 5) is 61.9. The number of alkyl halides is 6. The molecule has 4 unspecified atom stereocenters. The van der Waals surface area contributed by atoms with Crippen LogP contribution in [0.4, 0.5) is 31.1 Å². The predicted molar refractivity (Wildman–Crippen MR) is 244 cm³/mol. The molecule has 4 atom stereocenters. The Kier molecular flexibility index (Phi) is 15.3. The van der Waals surface area contributed by atoms with Crippen molar-refractivity contribution >= 4 is 44.7 Å². The maximum atomic E-state index is 15.0. The van der Waals surface area contributed by atoms with Crippen LogP contribution in [0.3, 0.4) is 0 Å². The summed E-state index contributed by atoms with van der Waals surface area (Å²) >= 11 is 0. The minimum atomic E-state index is -5.03. The number of rotatable bonds is 18. The molecule has 4 heterocycles. The van der Waals surface area contributed by atoms with E-state index < -0.39 is 105 Å². The van der Waals surface area contributed by atoms with E-state index in [2.05, 4.69) is 32.2 Å². The number of hydrogen-bond donors (Lipinski definition) is 3. The highest BCUT2D eigenvalue weighted by atomic mass is 32.2. The van der Waals surface area contributed by atoms with E-state index in [-0.39, 0.29) is 68.5 Å². The van der Waals surface area contributed by atoms with E-state index in [1.807, 2.05) is 6.92 Å². The Labute approximate surface area is 403 Å². The number of aromatic nitrogens is 1. The van der Waals surface area contributed by atoms with Gasteiger partial charge in [-0.05, 0) is 101 Å². The van der Waals surface area contributed by atoms with Crippen LogP contribution in [0.15, 0.2) is 30.4 Å². The second-order valence-corrected chi connectivity index (χ2v) is 22.0. The first kappa shape index (κ1) is 52.5. The normalized spacial score (nSPS) is 24.4. The first-order valence-electron chi connectivity index (χ1n) is 23.8. The van der Waals surface area contributed by atoms with Crippen LogP contribution in [0.25, 0.3) is 10.9 Å². The first-order chi connectivity index (χ1) is 32.9. The number of unbranched alkanes of at least 4 members (excludes halogenated alkanes) is 3. The van der Waals surface area contributed by atoms with Crippen molar-refractivity contribution in [2.45, 2.75) is 133 Å². The third-order valence-electron chi connectivity index (χ3n) is 13.7. The lowest BCUT2D eigenvalue weighted by atomic mass is 9.75. The lowest BCUT2D eigenvalue weighted by Gasteiger charge is -2.38. The highest BCUT2D eigenvalue weighted by Gasteiger charge is 2.58. The highest BCUT2D eigenvalue weighted by molar-refractivity contribution is 7.91. The fourth-order valence-electron chi connectivity index (χ4n) is 9.22. The molecular formula is C48H60F6N6O9S. The number of nitrogens with zero attached hydrogens (tertiary/aromatic N) is 3. The molecule has 1 aromatic carbocycles. The summed E-state index contributed by atoms with van der Waals surface area (Å²) in [6, 6.07) is 2.86. The van der Waals surface area contributed by atoms with Gasteiger partial charge in [0.25, 0.3) is 5.91 Å². The van der Waals surface area contributed by atoms with Crippen LogP contribution < -0.4 is 24.8 Å². The number of halogens is 6. The van der Waals surface area contributed by atoms with Crippen LogP contribution in [0.5, 0.6) is 11.5 Å². The summed E-state index contributed by atoms with van der Waals surface area (Å²) in [5.41, 5.74) is -4.96. The monoisotopic (exact) mass is 1010 g/mol. The number of fused-ring (bicyclic) bond motifs is 3. The van der Waals surface area contributed by atoms with E-state index in [1.165, 1.54) is 30.0 Å². The Morgan fingerprint density at radius 3 is 2.41 bits per heavy atom. The molecule has 4 amide bonds. The quantitative estimate of drug-likeness (QED) is 0.0635. The predicted octanol–water partition coefficient (Wildman–Crippen LogP) is 6.58. The number of hydrogen-bond acceptors (Lipinski definition) is 11. The van der Waals surface area contributed by atoms with Gasteiger partial charge in [0, 0.05) is 17.4 Å². The van der Waals surface area contributed by atoms with Gasteiger partial charge in [0.2, 0.25) is 21.8 Å². The zero-order chi connectivity index (χ0) is 50.9. The summed E-state index contributed by atoms with van der Waals surface area (Å²) in [6.07, 6.45) is -2.48. The fourth-order valence-corrected chi connectivity index (χ4v) is 10.5. The van der Waals surface area contributed by atoms with Crippen molar-refractivity contribution in [3.8, 4) is 23.3 Å². The molecule has 70 heavy (non-hydrogen) atoms. The molecule has 22 heteroatoms. The molecule has 0 radical (unpaired) electrons. The van der Waals surface area contributed by atoms with Crippen molar-refractivity contribution in [1.29, 1.82) is 0 Å². The van der Waals surface area contributed by atoms with Gasteiger partial charge >= 0.3 is 18.4 Å². The largest absolute Gasteiger partial charge is 0.493 e. The van der Waals surface area contributed by atoms with Gasteiger partial charge in [-0.1, -0.05) is 57.6 Å². The highest BCUT2D eigenvalue weighted by Crippen LogP contribution is 2.49. The third kappa shape index (κ3) is 11.9. The van der Waals surface area contributed by atoms with E-state index >= 15 is 0 Å². The molecule has 2 saturated heterocycles. The van der Waals surface area contributed by atoms with Gasteiger partial charge in [0.05, 0.1) is 42.5 Å². The van der Waals surface area contributed by atoms with E-state index in [4.69, 9.17) is 14.2 Å². The summed E-state index contributed by atoms with van der Waals surface area (Å²) < 4.78 is 129. The maximum absolute atomic E-state index is 15.0. The molecule has 1 saturated carbocycles. The number of piperidine rings is 1. The Balaban J connectivity index is 1.17. The molecule has 3 aliphatic heterocycles. The van der Waals surface area contributed by atoms with Gasteiger partial charge in [-0.15, -0.1) is 0 Å². The van der Waals surface area contributed by atoms with Crippen molar-refractivity contribution in [3.63, 3.8) is 0 Å². The summed E-state index contributed by atoms with van der Waals surface area (Å²) in [5.74, 6) is 1.22. The number of carbonyl (C=O) groups excluding carboxylic acids is 4. The van der Waals surface area contributed by atoms with Crippen LogP contribution >= 0.6 is 0 Å². The van der Waals surface area contributed by atoms with Crippen LogP contribution in [0.2, 0.25) is 0 Å². The molecule has 3 fully saturated rings. The van der Waals surface area contributed by atoms with Crippen molar-refractivity contribution in [3.05, 3.63) is 41.6 Å². The Hall–Kier alpha value is -5.30. The SMILES string of the molecule is CCCCCC=CC1C#CC1(NC(=O)C1CC2(CCc3c(c(C(F)(F)F)nc4ccc(OCC5CCN(CC(F)(F)F)CC5)cc34)O2)CN1C(=O)CNC(=O)OCC(C)C)C(=O)NS(=O)(=O)C1(C)CC1. The molecule has 2 aromatic rings. The summed E-state index contributed by atoms with van der Waals surface area (Å²) in [7, 11) is -4.22. The number of nitrogens with one attached hydrogen (secondary N) is 3. The zero-order valence-electron chi connectivity index (χ0n) is 39.6. The number of amides is 4. The molecule has 3 N–H and O–H groups in total. The minimum Gasteiger partial charge on any atom is -0.493 e. The summed E-state index contributed by atoms with van der Waals surface area (Å²) in [6.45, 7) is 5.67. The number of sulfonamides is 1. The van der Waals surface area contributed by atoms with Crippen molar-refractivity contribution in [2.75, 3.05) is 45.9 Å². The van der Waals surface area contributed by atoms with Gasteiger partial charge in [-0.25, -0.2) is 22.9 Å². The standard InChI is InChI=1S/C48H60F6N6O9S/c1-5-6-7-8-9-10-32-13-18-46(32,42(63)58-70(65,66)44(4)19-20-44)57-41(62)37-24-45(28-60(37)38(61)25-55-43(64)68-26-30(2)3)17-14-34-35-23-33(11-12-36(35)56-40(39(34)69-45)48(52,53)54)67-27-31-15-21-59(22-16-31)29-47(49,50)51/h9-12,23,30-32,37H,5-8,14-17,19-22,24-29H2,1-4H3,(H,55,64)(H,57,62)(H,58,63). The number of ether oxygens (including phenoxy) is 3. The van der Waals surface area contributed by atoms with Gasteiger partial charge in [-0.3, -0.25) is 19.3 Å². The molecule has 0 bridgehead atoms. The van der Waals surface area contributed by atoms with Crippen LogP contribution in [0.1, 0.15) is 103 Å². The number of benzene rings is 1. The minimum absolute atomic E-state index is 0.00816. The fraction of sp³-hybridized carbons (Fsp3) is 0.646. The molecular weight excluding hydrogens is 951 g/mol. The zero-order valence-corrected chi connectivity index (χ0v) is 40.4. The second kappa shape index (κ2) is 20.4. The number of alkyl carbamates (subject to hydrolysis) is 1. The van der Waals surface area contributed by atoms with E-state index in [1.54, 1.807) is 26.0 Å². The van der Waals surface area contributed by atoms with Crippen molar-refractivity contribution in [1.82, 2.24) is 30.1 Å². The Morgan fingerprint density at radius 2 is 1.79 bits per heavy atom. The maximum Gasteiger partial charge on any atom is 0.437 e. The molecule has 5 aliphatic rings. The topological polar surface area (TPSA) is 186 Å². The number of likely N-dealkylation sites (tertiary alicyclic amines) is 2.